The van der Waals surface area contributed by atoms with Crippen LogP contribution in [0.2, 0.25) is 0 Å². The molecular formula is C24H34N2O4S. The summed E-state index contributed by atoms with van der Waals surface area (Å²) >= 11 is 0. The van der Waals surface area contributed by atoms with E-state index in [0.29, 0.717) is 23.1 Å². The number of hydrogen-bond acceptors (Lipinski definition) is 5. The van der Waals surface area contributed by atoms with Crippen LogP contribution in [0.15, 0.2) is 29.2 Å². The van der Waals surface area contributed by atoms with Gasteiger partial charge in [-0.2, -0.15) is 0 Å². The molecule has 4 aliphatic carbocycles. The van der Waals surface area contributed by atoms with Gasteiger partial charge in [-0.15, -0.1) is 0 Å². The van der Waals surface area contributed by atoms with Gasteiger partial charge >= 0.3 is 0 Å². The predicted molar refractivity (Wildman–Crippen MR) is 119 cm³/mol. The second-order valence-electron chi connectivity index (χ2n) is 10.3. The standard InChI is InChI=1S/C24H34N2O4S/c1-30-21-3-2-4-22(14-21)31(28,29)10-9-25-5-7-26(8-6-25)23(27)24-15-18-11-19(16-24)13-20(12-18)17-24/h2-4,14,18-20H,5-13,15-17H2,1H3. The van der Waals surface area contributed by atoms with E-state index >= 15 is 0 Å². The van der Waals surface area contributed by atoms with Gasteiger partial charge in [0, 0.05) is 32.7 Å². The monoisotopic (exact) mass is 446 g/mol. The van der Waals surface area contributed by atoms with Gasteiger partial charge in [0.15, 0.2) is 9.84 Å². The topological polar surface area (TPSA) is 66.9 Å². The van der Waals surface area contributed by atoms with Crippen LogP contribution in [0.4, 0.5) is 0 Å². The maximum atomic E-state index is 13.5. The van der Waals surface area contributed by atoms with Gasteiger partial charge in [-0.3, -0.25) is 9.69 Å². The van der Waals surface area contributed by atoms with Crippen molar-refractivity contribution in [2.24, 2.45) is 23.2 Å². The Morgan fingerprint density at radius 1 is 1.03 bits per heavy atom. The van der Waals surface area contributed by atoms with Crippen LogP contribution in [0.3, 0.4) is 0 Å². The molecule has 1 aliphatic heterocycles. The van der Waals surface area contributed by atoms with Gasteiger partial charge in [0.05, 0.1) is 23.2 Å². The summed E-state index contributed by atoms with van der Waals surface area (Å²) in [5.41, 5.74) is -0.0768. The van der Waals surface area contributed by atoms with Crippen molar-refractivity contribution in [3.05, 3.63) is 24.3 Å². The first-order valence-corrected chi connectivity index (χ1v) is 13.4. The quantitative estimate of drug-likeness (QED) is 0.672. The summed E-state index contributed by atoms with van der Waals surface area (Å²) in [5.74, 6) is 3.37. The molecule has 4 bridgehead atoms. The molecule has 5 fully saturated rings. The third kappa shape index (κ3) is 4.11. The van der Waals surface area contributed by atoms with E-state index in [1.54, 1.807) is 24.3 Å². The highest BCUT2D eigenvalue weighted by Gasteiger charge is 2.55. The fraction of sp³-hybridized carbons (Fsp3) is 0.708. The van der Waals surface area contributed by atoms with Crippen LogP contribution >= 0.6 is 0 Å². The lowest BCUT2D eigenvalue weighted by Gasteiger charge is -2.57. The minimum absolute atomic E-state index is 0.0768. The number of sulfone groups is 1. The summed E-state index contributed by atoms with van der Waals surface area (Å²) in [5, 5.41) is 0. The fourth-order valence-corrected chi connectivity index (χ4v) is 8.36. The Balaban J connectivity index is 1.15. The van der Waals surface area contributed by atoms with Crippen molar-refractivity contribution in [2.45, 2.75) is 43.4 Å². The highest BCUT2D eigenvalue weighted by Crippen LogP contribution is 2.60. The Morgan fingerprint density at radius 3 is 2.23 bits per heavy atom. The lowest BCUT2D eigenvalue weighted by molar-refractivity contribution is -0.159. The molecule has 0 N–H and O–H groups in total. The van der Waals surface area contributed by atoms with Gasteiger partial charge in [-0.25, -0.2) is 8.42 Å². The first-order valence-electron chi connectivity index (χ1n) is 11.8. The number of carbonyl (C=O) groups is 1. The van der Waals surface area contributed by atoms with E-state index in [2.05, 4.69) is 9.80 Å². The lowest BCUT2D eigenvalue weighted by atomic mass is 9.49. The molecule has 1 amide bonds. The zero-order valence-electron chi connectivity index (χ0n) is 18.5. The van der Waals surface area contributed by atoms with Crippen molar-refractivity contribution in [3.63, 3.8) is 0 Å². The molecule has 0 radical (unpaired) electrons. The van der Waals surface area contributed by atoms with E-state index in [0.717, 1.165) is 63.2 Å². The first-order chi connectivity index (χ1) is 14.9. The normalized spacial score (nSPS) is 32.9. The number of hydrogen-bond donors (Lipinski definition) is 0. The Morgan fingerprint density at radius 2 is 1.65 bits per heavy atom. The molecular weight excluding hydrogens is 412 g/mol. The van der Waals surface area contributed by atoms with E-state index < -0.39 is 9.84 Å². The predicted octanol–water partition coefficient (Wildman–Crippen LogP) is 2.83. The number of piperazine rings is 1. The maximum Gasteiger partial charge on any atom is 0.228 e. The number of nitrogens with zero attached hydrogens (tertiary/aromatic N) is 2. The van der Waals surface area contributed by atoms with Crippen LogP contribution in [-0.4, -0.2) is 69.7 Å². The molecule has 1 heterocycles. The molecule has 7 heteroatoms. The minimum Gasteiger partial charge on any atom is -0.497 e. The molecule has 0 spiro atoms. The second-order valence-corrected chi connectivity index (χ2v) is 12.4. The Bertz CT molecular complexity index is 901. The third-order valence-corrected chi connectivity index (χ3v) is 9.92. The van der Waals surface area contributed by atoms with E-state index in [4.69, 9.17) is 4.74 Å². The second kappa shape index (κ2) is 8.07. The molecule has 5 aliphatic rings. The van der Waals surface area contributed by atoms with Crippen LogP contribution in [0, 0.1) is 23.2 Å². The highest BCUT2D eigenvalue weighted by atomic mass is 32.2. The van der Waals surface area contributed by atoms with Gasteiger partial charge in [0.2, 0.25) is 5.91 Å². The molecule has 1 saturated heterocycles. The minimum atomic E-state index is -3.36. The average molecular weight is 447 g/mol. The average Bonchev–Trinajstić information content (AvgIpc) is 2.77. The molecule has 4 saturated carbocycles. The summed E-state index contributed by atoms with van der Waals surface area (Å²) in [4.78, 5) is 18.1. The summed E-state index contributed by atoms with van der Waals surface area (Å²) in [7, 11) is -1.82. The van der Waals surface area contributed by atoms with Crippen molar-refractivity contribution in [1.29, 1.82) is 0 Å². The van der Waals surface area contributed by atoms with Crippen molar-refractivity contribution in [1.82, 2.24) is 9.80 Å². The maximum absolute atomic E-state index is 13.5. The number of benzene rings is 1. The number of amides is 1. The molecule has 31 heavy (non-hydrogen) atoms. The summed E-state index contributed by atoms with van der Waals surface area (Å²) < 4.78 is 30.6. The van der Waals surface area contributed by atoms with Crippen LogP contribution in [0.5, 0.6) is 5.75 Å². The fourth-order valence-electron chi connectivity index (χ4n) is 7.04. The Hall–Kier alpha value is -1.60. The van der Waals surface area contributed by atoms with Crippen LogP contribution in [0.25, 0.3) is 0 Å². The van der Waals surface area contributed by atoms with Gasteiger partial charge in [0.1, 0.15) is 5.75 Å². The van der Waals surface area contributed by atoms with Gasteiger partial charge < -0.3 is 9.64 Å². The molecule has 1 aromatic rings. The molecule has 6 nitrogen and oxygen atoms in total. The highest BCUT2D eigenvalue weighted by molar-refractivity contribution is 7.91. The van der Waals surface area contributed by atoms with Crippen molar-refractivity contribution in [3.8, 4) is 5.75 Å². The van der Waals surface area contributed by atoms with E-state index in [1.807, 2.05) is 0 Å². The zero-order valence-corrected chi connectivity index (χ0v) is 19.3. The summed E-state index contributed by atoms with van der Waals surface area (Å²) in [6.45, 7) is 3.45. The molecule has 1 aromatic carbocycles. The molecule has 0 aromatic heterocycles. The van der Waals surface area contributed by atoms with E-state index in [1.165, 1.54) is 26.4 Å². The van der Waals surface area contributed by atoms with Crippen molar-refractivity contribution in [2.75, 3.05) is 45.6 Å². The van der Waals surface area contributed by atoms with Gasteiger partial charge in [-0.1, -0.05) is 6.07 Å². The zero-order chi connectivity index (χ0) is 21.6. The lowest BCUT2D eigenvalue weighted by Crippen LogP contribution is -2.58. The summed E-state index contributed by atoms with van der Waals surface area (Å²) in [6.07, 6.45) is 7.37. The largest absolute Gasteiger partial charge is 0.497 e. The SMILES string of the molecule is COc1cccc(S(=O)(=O)CCN2CCN(C(=O)C34CC5CC(CC(C5)C3)C4)CC2)c1. The van der Waals surface area contributed by atoms with Gasteiger partial charge in [0.25, 0.3) is 0 Å². The first kappa shape index (κ1) is 21.3. The van der Waals surface area contributed by atoms with Crippen LogP contribution in [0.1, 0.15) is 38.5 Å². The molecule has 0 atom stereocenters. The third-order valence-electron chi connectivity index (χ3n) is 8.23. The summed E-state index contributed by atoms with van der Waals surface area (Å²) in [6, 6.07) is 6.66. The van der Waals surface area contributed by atoms with Crippen LogP contribution in [-0.2, 0) is 14.6 Å². The van der Waals surface area contributed by atoms with E-state index in [9.17, 15) is 13.2 Å². The molecule has 0 unspecified atom stereocenters. The van der Waals surface area contributed by atoms with Crippen molar-refractivity contribution < 1.29 is 17.9 Å². The van der Waals surface area contributed by atoms with Gasteiger partial charge in [-0.05, 0) is 74.5 Å². The Kier molecular flexibility index (Phi) is 5.53. The number of ether oxygens (including phenoxy) is 1. The van der Waals surface area contributed by atoms with Crippen LogP contribution < -0.4 is 4.74 Å². The van der Waals surface area contributed by atoms with Crippen molar-refractivity contribution >= 4 is 15.7 Å². The van der Waals surface area contributed by atoms with E-state index in [-0.39, 0.29) is 11.2 Å². The number of carbonyl (C=O) groups excluding carboxylic acids is 1. The smallest absolute Gasteiger partial charge is 0.228 e. The number of rotatable bonds is 6. The Labute approximate surface area is 185 Å². The molecule has 170 valence electrons. The molecule has 6 rings (SSSR count). The number of methoxy groups -OCH3 is 1.